The minimum atomic E-state index is -0.299. The van der Waals surface area contributed by atoms with Crippen molar-refractivity contribution >= 4 is 17.6 Å². The zero-order valence-corrected chi connectivity index (χ0v) is 16.5. The summed E-state index contributed by atoms with van der Waals surface area (Å²) >= 11 is 0. The highest BCUT2D eigenvalue weighted by Gasteiger charge is 2.20. The van der Waals surface area contributed by atoms with Crippen LogP contribution in [0, 0.1) is 0 Å². The van der Waals surface area contributed by atoms with E-state index < -0.39 is 0 Å². The number of ether oxygens (including phenoxy) is 1. The van der Waals surface area contributed by atoms with Gasteiger partial charge in [0.05, 0.1) is 0 Å². The predicted octanol–water partition coefficient (Wildman–Crippen LogP) is 2.42. The van der Waals surface area contributed by atoms with Crippen molar-refractivity contribution in [1.29, 1.82) is 0 Å². The van der Waals surface area contributed by atoms with Crippen LogP contribution in [0.3, 0.4) is 0 Å². The third-order valence-electron chi connectivity index (χ3n) is 4.80. The second-order valence-corrected chi connectivity index (χ2v) is 6.88. The van der Waals surface area contributed by atoms with Crippen LogP contribution in [0.25, 0.3) is 0 Å². The Bertz CT molecular complexity index is 762. The van der Waals surface area contributed by atoms with Crippen LogP contribution in [0.2, 0.25) is 0 Å². The van der Waals surface area contributed by atoms with Gasteiger partial charge in [0.1, 0.15) is 12.4 Å². The van der Waals surface area contributed by atoms with Gasteiger partial charge < -0.3 is 20.3 Å². The number of nitrogens with zero attached hydrogens (tertiary/aromatic N) is 2. The number of para-hydroxylation sites is 2. The van der Waals surface area contributed by atoms with Crippen molar-refractivity contribution in [2.24, 2.45) is 0 Å². The fourth-order valence-electron chi connectivity index (χ4n) is 3.17. The van der Waals surface area contributed by atoms with E-state index in [1.165, 1.54) is 0 Å². The first kappa shape index (κ1) is 20.7. The molecule has 2 aromatic rings. The lowest BCUT2D eigenvalue weighted by atomic mass is 10.2. The molecule has 0 bridgehead atoms. The Morgan fingerprint density at radius 1 is 0.897 bits per heavy atom. The van der Waals surface area contributed by atoms with Crippen molar-refractivity contribution in [1.82, 2.24) is 15.1 Å². The van der Waals surface area contributed by atoms with Gasteiger partial charge in [-0.15, -0.1) is 0 Å². The lowest BCUT2D eigenvalue weighted by Crippen LogP contribution is -2.50. The van der Waals surface area contributed by atoms with Crippen LogP contribution in [-0.2, 0) is 4.79 Å². The molecule has 3 amide bonds. The van der Waals surface area contributed by atoms with Gasteiger partial charge in [-0.25, -0.2) is 4.79 Å². The Hall–Kier alpha value is -3.06. The fourth-order valence-corrected chi connectivity index (χ4v) is 3.17. The number of hydrogen-bond donors (Lipinski definition) is 2. The number of amides is 3. The largest absolute Gasteiger partial charge is 0.492 e. The Morgan fingerprint density at radius 3 is 2.24 bits per heavy atom. The second kappa shape index (κ2) is 11.1. The van der Waals surface area contributed by atoms with Crippen LogP contribution in [-0.4, -0.2) is 67.6 Å². The molecule has 0 aromatic heterocycles. The molecule has 1 aliphatic heterocycles. The number of piperazine rings is 1. The molecule has 2 aromatic carbocycles. The van der Waals surface area contributed by atoms with Gasteiger partial charge in [0.2, 0.25) is 5.91 Å². The molecule has 2 N–H and O–H groups in total. The molecule has 7 nitrogen and oxygen atoms in total. The number of carbonyl (C=O) groups is 2. The van der Waals surface area contributed by atoms with Crippen LogP contribution in [0.15, 0.2) is 60.7 Å². The third-order valence-corrected chi connectivity index (χ3v) is 4.80. The first-order valence-corrected chi connectivity index (χ1v) is 9.98. The number of nitrogens with one attached hydrogen (secondary N) is 2. The third kappa shape index (κ3) is 7.12. The standard InChI is InChI=1S/C22H28N4O3/c27-21(11-12-23-22(28)24-19-7-3-1-4-8-19)26-15-13-25(14-16-26)17-18-29-20-9-5-2-6-10-20/h1-10H,11-18H2,(H2,23,24,28). The van der Waals surface area contributed by atoms with Crippen LogP contribution < -0.4 is 15.4 Å². The molecule has 1 fully saturated rings. The highest BCUT2D eigenvalue weighted by atomic mass is 16.5. The van der Waals surface area contributed by atoms with Gasteiger partial charge in [0.25, 0.3) is 0 Å². The summed E-state index contributed by atoms with van der Waals surface area (Å²) in [5, 5.41) is 5.47. The Morgan fingerprint density at radius 2 is 1.55 bits per heavy atom. The van der Waals surface area contributed by atoms with Crippen molar-refractivity contribution in [3.63, 3.8) is 0 Å². The zero-order chi connectivity index (χ0) is 20.3. The number of hydrogen-bond acceptors (Lipinski definition) is 4. The van der Waals surface area contributed by atoms with E-state index in [0.29, 0.717) is 32.7 Å². The maximum atomic E-state index is 12.4. The summed E-state index contributed by atoms with van der Waals surface area (Å²) in [5.74, 6) is 0.954. The summed E-state index contributed by atoms with van der Waals surface area (Å²) in [6.45, 7) is 4.90. The van der Waals surface area contributed by atoms with E-state index in [9.17, 15) is 9.59 Å². The number of urea groups is 1. The Labute approximate surface area is 171 Å². The normalized spacial score (nSPS) is 14.3. The van der Waals surface area contributed by atoms with Crippen LogP contribution in [0.4, 0.5) is 10.5 Å². The summed E-state index contributed by atoms with van der Waals surface area (Å²) < 4.78 is 5.73. The Balaban J connectivity index is 1.27. The quantitative estimate of drug-likeness (QED) is 0.719. The fraction of sp³-hybridized carbons (Fsp3) is 0.364. The molecule has 1 aliphatic rings. The topological polar surface area (TPSA) is 73.9 Å². The van der Waals surface area contributed by atoms with Crippen molar-refractivity contribution < 1.29 is 14.3 Å². The van der Waals surface area contributed by atoms with Crippen molar-refractivity contribution in [2.75, 3.05) is 51.2 Å². The predicted molar refractivity (Wildman–Crippen MR) is 113 cm³/mol. The first-order valence-electron chi connectivity index (χ1n) is 9.98. The average Bonchev–Trinajstić information content (AvgIpc) is 2.75. The molecule has 0 radical (unpaired) electrons. The minimum Gasteiger partial charge on any atom is -0.492 e. The monoisotopic (exact) mass is 396 g/mol. The maximum absolute atomic E-state index is 12.4. The SMILES string of the molecule is O=C(NCCC(=O)N1CCN(CCOc2ccccc2)CC1)Nc1ccccc1. The van der Waals surface area contributed by atoms with Crippen molar-refractivity contribution in [2.45, 2.75) is 6.42 Å². The lowest BCUT2D eigenvalue weighted by molar-refractivity contribution is -0.132. The minimum absolute atomic E-state index is 0.0743. The summed E-state index contributed by atoms with van der Waals surface area (Å²) in [6, 6.07) is 18.7. The molecule has 0 saturated carbocycles. The van der Waals surface area contributed by atoms with E-state index in [2.05, 4.69) is 15.5 Å². The molecule has 0 spiro atoms. The van der Waals surface area contributed by atoms with Crippen LogP contribution >= 0.6 is 0 Å². The van der Waals surface area contributed by atoms with E-state index in [1.807, 2.05) is 65.6 Å². The lowest BCUT2D eigenvalue weighted by Gasteiger charge is -2.34. The summed E-state index contributed by atoms with van der Waals surface area (Å²) in [4.78, 5) is 28.4. The van der Waals surface area contributed by atoms with Gasteiger partial charge in [-0.05, 0) is 24.3 Å². The number of benzene rings is 2. The molecular weight excluding hydrogens is 368 g/mol. The van der Waals surface area contributed by atoms with Gasteiger partial charge >= 0.3 is 6.03 Å². The highest BCUT2D eigenvalue weighted by Crippen LogP contribution is 2.09. The van der Waals surface area contributed by atoms with Gasteiger partial charge in [0, 0.05) is 51.4 Å². The number of carbonyl (C=O) groups excluding carboxylic acids is 2. The van der Waals surface area contributed by atoms with Gasteiger partial charge in [-0.3, -0.25) is 9.69 Å². The summed E-state index contributed by atoms with van der Waals surface area (Å²) in [6.07, 6.45) is 0.305. The second-order valence-electron chi connectivity index (χ2n) is 6.88. The molecule has 29 heavy (non-hydrogen) atoms. The van der Waals surface area contributed by atoms with Gasteiger partial charge in [-0.2, -0.15) is 0 Å². The number of anilines is 1. The highest BCUT2D eigenvalue weighted by molar-refractivity contribution is 5.89. The maximum Gasteiger partial charge on any atom is 0.319 e. The van der Waals surface area contributed by atoms with Crippen molar-refractivity contribution in [3.8, 4) is 5.75 Å². The van der Waals surface area contributed by atoms with E-state index >= 15 is 0 Å². The molecule has 0 atom stereocenters. The zero-order valence-electron chi connectivity index (χ0n) is 16.5. The molecule has 1 saturated heterocycles. The average molecular weight is 396 g/mol. The first-order chi connectivity index (χ1) is 14.2. The molecule has 3 rings (SSSR count). The molecule has 154 valence electrons. The molecule has 1 heterocycles. The molecule has 0 aliphatic carbocycles. The van der Waals surface area contributed by atoms with E-state index in [-0.39, 0.29) is 11.9 Å². The smallest absolute Gasteiger partial charge is 0.319 e. The van der Waals surface area contributed by atoms with E-state index in [1.54, 1.807) is 0 Å². The molecular formula is C22H28N4O3. The van der Waals surface area contributed by atoms with Crippen molar-refractivity contribution in [3.05, 3.63) is 60.7 Å². The Kier molecular flexibility index (Phi) is 7.89. The van der Waals surface area contributed by atoms with Crippen LogP contribution in [0.1, 0.15) is 6.42 Å². The van der Waals surface area contributed by atoms with Crippen LogP contribution in [0.5, 0.6) is 5.75 Å². The van der Waals surface area contributed by atoms with Gasteiger partial charge in [0.15, 0.2) is 0 Å². The molecule has 7 heteroatoms. The van der Waals surface area contributed by atoms with E-state index in [0.717, 1.165) is 31.1 Å². The van der Waals surface area contributed by atoms with E-state index in [4.69, 9.17) is 4.74 Å². The van der Waals surface area contributed by atoms with Gasteiger partial charge in [-0.1, -0.05) is 36.4 Å². The molecule has 0 unspecified atom stereocenters. The summed E-state index contributed by atoms with van der Waals surface area (Å²) in [7, 11) is 0. The number of rotatable bonds is 8. The summed E-state index contributed by atoms with van der Waals surface area (Å²) in [5.41, 5.74) is 0.726.